The van der Waals surface area contributed by atoms with Crippen LogP contribution in [0.4, 0.5) is 4.39 Å². The molecule has 0 fully saturated rings. The number of fused-ring (bicyclic) bond motifs is 2. The number of ether oxygens (including phenoxy) is 1. The first-order valence-electron chi connectivity index (χ1n) is 9.09. The van der Waals surface area contributed by atoms with E-state index in [1.54, 1.807) is 10.6 Å². The molecule has 1 aliphatic rings. The van der Waals surface area contributed by atoms with Gasteiger partial charge in [0.2, 0.25) is 0 Å². The second-order valence-electron chi connectivity index (χ2n) is 6.85. The molecule has 0 spiro atoms. The fourth-order valence-electron chi connectivity index (χ4n) is 3.58. The summed E-state index contributed by atoms with van der Waals surface area (Å²) in [4.78, 5) is 0. The van der Waals surface area contributed by atoms with Crippen LogP contribution in [0, 0.1) is 5.82 Å². The van der Waals surface area contributed by atoms with Crippen LogP contribution in [-0.4, -0.2) is 16.7 Å². The maximum Gasteiger partial charge on any atom is 0.491 e. The van der Waals surface area contributed by atoms with Crippen LogP contribution in [0.25, 0.3) is 16.6 Å². The number of rotatable bonds is 4. The number of hydrogen-bond donors (Lipinski definition) is 1. The molecule has 0 saturated heterocycles. The molecule has 0 radical (unpaired) electrons. The average molecular weight is 373 g/mol. The standard InChI is InChI=1S/C22H17BFNO3/c24-20-11-17-14-28-23(26)19(17)12-22(20)25-9-8-16-10-18(6-7-21(16)25)27-13-15-4-2-1-3-5-15/h1-12,26H,13-14H2. The number of aromatic nitrogens is 1. The fraction of sp³-hybridized carbons (Fsp3) is 0.0909. The van der Waals surface area contributed by atoms with Gasteiger partial charge in [-0.3, -0.25) is 0 Å². The zero-order chi connectivity index (χ0) is 19.1. The Morgan fingerprint density at radius 2 is 1.93 bits per heavy atom. The van der Waals surface area contributed by atoms with Gasteiger partial charge in [0, 0.05) is 11.6 Å². The van der Waals surface area contributed by atoms with E-state index in [-0.39, 0.29) is 12.4 Å². The molecule has 138 valence electrons. The maximum absolute atomic E-state index is 14.7. The molecule has 4 aromatic rings. The van der Waals surface area contributed by atoms with Crippen LogP contribution in [0.15, 0.2) is 72.9 Å². The molecule has 0 unspecified atom stereocenters. The van der Waals surface area contributed by atoms with E-state index in [0.717, 1.165) is 22.2 Å². The summed E-state index contributed by atoms with van der Waals surface area (Å²) in [6.45, 7) is 0.715. The third-order valence-corrected chi connectivity index (χ3v) is 5.04. The summed E-state index contributed by atoms with van der Waals surface area (Å²) < 4.78 is 27.5. The molecule has 28 heavy (non-hydrogen) atoms. The number of nitrogens with zero attached hydrogens (tertiary/aromatic N) is 1. The van der Waals surface area contributed by atoms with E-state index >= 15 is 0 Å². The van der Waals surface area contributed by atoms with Crippen molar-refractivity contribution in [2.45, 2.75) is 13.2 Å². The van der Waals surface area contributed by atoms with Gasteiger partial charge < -0.3 is 19.0 Å². The molecule has 0 atom stereocenters. The Hall–Kier alpha value is -3.09. The molecule has 2 heterocycles. The van der Waals surface area contributed by atoms with Crippen molar-refractivity contribution in [3.8, 4) is 11.4 Å². The van der Waals surface area contributed by atoms with Crippen LogP contribution in [-0.2, 0) is 17.9 Å². The number of hydrogen-bond acceptors (Lipinski definition) is 3. The Morgan fingerprint density at radius 1 is 1.07 bits per heavy atom. The van der Waals surface area contributed by atoms with Crippen LogP contribution in [0.1, 0.15) is 11.1 Å². The van der Waals surface area contributed by atoms with Gasteiger partial charge in [-0.05, 0) is 53.0 Å². The van der Waals surface area contributed by atoms with Crippen LogP contribution >= 0.6 is 0 Å². The molecule has 6 heteroatoms. The lowest BCUT2D eigenvalue weighted by Gasteiger charge is -2.11. The third kappa shape index (κ3) is 2.97. The molecule has 0 saturated carbocycles. The normalized spacial score (nSPS) is 13.1. The average Bonchev–Trinajstić information content (AvgIpc) is 3.29. The van der Waals surface area contributed by atoms with E-state index in [1.807, 2.05) is 60.8 Å². The molecule has 4 nitrogen and oxygen atoms in total. The highest BCUT2D eigenvalue weighted by atomic mass is 19.1. The predicted molar refractivity (Wildman–Crippen MR) is 106 cm³/mol. The van der Waals surface area contributed by atoms with Crippen molar-refractivity contribution in [3.05, 3.63) is 89.9 Å². The van der Waals surface area contributed by atoms with Crippen LogP contribution in [0.5, 0.6) is 5.75 Å². The van der Waals surface area contributed by atoms with Gasteiger partial charge in [0.25, 0.3) is 0 Å². The lowest BCUT2D eigenvalue weighted by Crippen LogP contribution is -2.28. The Kier molecular flexibility index (Phi) is 4.15. The summed E-state index contributed by atoms with van der Waals surface area (Å²) in [5.74, 6) is 0.408. The largest absolute Gasteiger partial charge is 0.491 e. The lowest BCUT2D eigenvalue weighted by atomic mass is 9.79. The van der Waals surface area contributed by atoms with E-state index in [9.17, 15) is 9.41 Å². The first-order chi connectivity index (χ1) is 13.7. The van der Waals surface area contributed by atoms with E-state index < -0.39 is 7.12 Å². The molecule has 0 amide bonds. The van der Waals surface area contributed by atoms with Crippen molar-refractivity contribution >= 4 is 23.5 Å². The van der Waals surface area contributed by atoms with Gasteiger partial charge in [0.15, 0.2) is 0 Å². The van der Waals surface area contributed by atoms with Gasteiger partial charge in [0.05, 0.1) is 17.8 Å². The summed E-state index contributed by atoms with van der Waals surface area (Å²) in [5, 5.41) is 10.9. The van der Waals surface area contributed by atoms with Gasteiger partial charge >= 0.3 is 7.12 Å². The number of halogens is 1. The van der Waals surface area contributed by atoms with E-state index in [1.165, 1.54) is 6.07 Å². The minimum Gasteiger partial charge on any atom is -0.489 e. The van der Waals surface area contributed by atoms with Gasteiger partial charge in [-0.25, -0.2) is 4.39 Å². The van der Waals surface area contributed by atoms with Crippen molar-refractivity contribution in [2.24, 2.45) is 0 Å². The first-order valence-corrected chi connectivity index (χ1v) is 9.09. The number of benzene rings is 3. The Bertz CT molecular complexity index is 1160. The Morgan fingerprint density at radius 3 is 2.79 bits per heavy atom. The van der Waals surface area contributed by atoms with Crippen molar-refractivity contribution in [1.29, 1.82) is 0 Å². The maximum atomic E-state index is 14.7. The topological polar surface area (TPSA) is 43.6 Å². The summed E-state index contributed by atoms with van der Waals surface area (Å²) in [7, 11) is -1.01. The summed E-state index contributed by atoms with van der Waals surface area (Å²) >= 11 is 0. The van der Waals surface area contributed by atoms with Gasteiger partial charge in [-0.2, -0.15) is 0 Å². The smallest absolute Gasteiger partial charge is 0.489 e. The SMILES string of the molecule is OB1OCc2cc(F)c(-n3ccc4cc(OCc5ccccc5)ccc43)cc21. The predicted octanol–water partition coefficient (Wildman–Crippen LogP) is 3.57. The van der Waals surface area contributed by atoms with Crippen LogP contribution in [0.2, 0.25) is 0 Å². The molecule has 3 aromatic carbocycles. The van der Waals surface area contributed by atoms with Gasteiger partial charge in [0.1, 0.15) is 18.2 Å². The second kappa shape index (κ2) is 6.82. The zero-order valence-corrected chi connectivity index (χ0v) is 15.0. The van der Waals surface area contributed by atoms with Crippen LogP contribution in [0.3, 0.4) is 0 Å². The molecule has 1 aliphatic heterocycles. The molecule has 5 rings (SSSR count). The highest BCUT2D eigenvalue weighted by molar-refractivity contribution is 6.61. The molecule has 1 N–H and O–H groups in total. The van der Waals surface area contributed by atoms with Crippen molar-refractivity contribution in [1.82, 2.24) is 4.57 Å². The summed E-state index contributed by atoms with van der Waals surface area (Å²) in [5.41, 5.74) is 3.64. The van der Waals surface area contributed by atoms with Crippen LogP contribution < -0.4 is 10.2 Å². The first kappa shape index (κ1) is 17.0. The monoisotopic (exact) mass is 373 g/mol. The Labute approximate surface area is 161 Å². The molecule has 0 bridgehead atoms. The third-order valence-electron chi connectivity index (χ3n) is 5.04. The molecular formula is C22H17BFNO3. The van der Waals surface area contributed by atoms with E-state index in [2.05, 4.69) is 0 Å². The fourth-order valence-corrected chi connectivity index (χ4v) is 3.58. The lowest BCUT2D eigenvalue weighted by molar-refractivity contribution is 0.275. The summed E-state index contributed by atoms with van der Waals surface area (Å²) in [6, 6.07) is 20.7. The molecule has 1 aromatic heterocycles. The highest BCUT2D eigenvalue weighted by Gasteiger charge is 2.29. The summed E-state index contributed by atoms with van der Waals surface area (Å²) in [6.07, 6.45) is 1.82. The minimum atomic E-state index is -1.01. The van der Waals surface area contributed by atoms with Crippen molar-refractivity contribution in [3.63, 3.8) is 0 Å². The van der Waals surface area contributed by atoms with Gasteiger partial charge in [-0.15, -0.1) is 0 Å². The minimum absolute atomic E-state index is 0.224. The quantitative estimate of drug-likeness (QED) is 0.557. The zero-order valence-electron chi connectivity index (χ0n) is 15.0. The van der Waals surface area contributed by atoms with E-state index in [0.29, 0.717) is 23.3 Å². The van der Waals surface area contributed by atoms with Crippen molar-refractivity contribution < 1.29 is 18.8 Å². The van der Waals surface area contributed by atoms with Crippen molar-refractivity contribution in [2.75, 3.05) is 0 Å². The van der Waals surface area contributed by atoms with E-state index in [4.69, 9.17) is 9.39 Å². The second-order valence-corrected chi connectivity index (χ2v) is 6.85. The molecular weight excluding hydrogens is 356 g/mol. The van der Waals surface area contributed by atoms with Gasteiger partial charge in [-0.1, -0.05) is 30.3 Å². The highest BCUT2D eigenvalue weighted by Crippen LogP contribution is 2.27. The Balaban J connectivity index is 1.47. The molecule has 0 aliphatic carbocycles.